The van der Waals surface area contributed by atoms with Crippen molar-refractivity contribution in [1.29, 1.82) is 0 Å². The van der Waals surface area contributed by atoms with E-state index >= 15 is 0 Å². The van der Waals surface area contributed by atoms with Gasteiger partial charge in [-0.05, 0) is 13.0 Å². The number of thiophene rings is 1. The maximum Gasteiger partial charge on any atom is 0.252 e. The molecule has 1 aliphatic heterocycles. The minimum atomic E-state index is -0.0145. The molecule has 0 spiro atoms. The Kier molecular flexibility index (Phi) is 3.43. The lowest BCUT2D eigenvalue weighted by Gasteiger charge is -2.13. The predicted molar refractivity (Wildman–Crippen MR) is 63.8 cm³/mol. The van der Waals surface area contributed by atoms with Gasteiger partial charge in [-0.2, -0.15) is 0 Å². The van der Waals surface area contributed by atoms with Gasteiger partial charge < -0.3 is 10.1 Å². The fourth-order valence-corrected chi connectivity index (χ4v) is 2.63. The second kappa shape index (κ2) is 4.63. The average molecular weight is 290 g/mol. The summed E-state index contributed by atoms with van der Waals surface area (Å²) in [4.78, 5) is 13.2. The van der Waals surface area contributed by atoms with Gasteiger partial charge in [0.15, 0.2) is 0 Å². The molecule has 82 valence electrons. The van der Waals surface area contributed by atoms with Gasteiger partial charge in [-0.1, -0.05) is 15.9 Å². The molecule has 1 fully saturated rings. The molecule has 0 radical (unpaired) electrons. The van der Waals surface area contributed by atoms with E-state index in [4.69, 9.17) is 4.74 Å². The smallest absolute Gasteiger partial charge is 0.252 e. The molecule has 2 atom stereocenters. The summed E-state index contributed by atoms with van der Waals surface area (Å²) >= 11 is 5.06. The molecular weight excluding hydrogens is 278 g/mol. The number of hydrogen-bond donors (Lipinski definition) is 1. The molecule has 1 aliphatic rings. The largest absolute Gasteiger partial charge is 0.378 e. The summed E-state index contributed by atoms with van der Waals surface area (Å²) in [5.41, 5.74) is 0.740. The van der Waals surface area contributed by atoms with Crippen LogP contribution in [0.25, 0.3) is 0 Å². The predicted octanol–water partition coefficient (Wildman–Crippen LogP) is 1.95. The van der Waals surface area contributed by atoms with Gasteiger partial charge in [-0.25, -0.2) is 0 Å². The minimum Gasteiger partial charge on any atom is -0.378 e. The molecule has 3 nitrogen and oxygen atoms in total. The van der Waals surface area contributed by atoms with Gasteiger partial charge in [0.1, 0.15) is 0 Å². The number of rotatable bonds is 2. The molecule has 1 saturated heterocycles. The van der Waals surface area contributed by atoms with Crippen molar-refractivity contribution in [3.63, 3.8) is 0 Å². The van der Waals surface area contributed by atoms with Gasteiger partial charge in [0.2, 0.25) is 0 Å². The minimum absolute atomic E-state index is 0.0145. The quantitative estimate of drug-likeness (QED) is 0.845. The molecule has 0 bridgehead atoms. The number of nitrogens with one attached hydrogen (secondary N) is 1. The highest BCUT2D eigenvalue weighted by atomic mass is 79.9. The lowest BCUT2D eigenvalue weighted by molar-refractivity contribution is 0.0931. The van der Waals surface area contributed by atoms with Gasteiger partial charge in [0.05, 0.1) is 29.6 Å². The third kappa shape index (κ3) is 2.59. The van der Waals surface area contributed by atoms with E-state index in [-0.39, 0.29) is 16.8 Å². The lowest BCUT2D eigenvalue weighted by atomic mass is 10.2. The van der Waals surface area contributed by atoms with Crippen molar-refractivity contribution in [1.82, 2.24) is 5.32 Å². The lowest BCUT2D eigenvalue weighted by Crippen LogP contribution is -2.40. The fraction of sp³-hybridized carbons (Fsp3) is 0.500. The molecule has 0 aromatic carbocycles. The van der Waals surface area contributed by atoms with E-state index in [1.54, 1.807) is 11.3 Å². The average Bonchev–Trinajstić information content (AvgIpc) is 2.77. The SMILES string of the molecule is Cc1cc(C(=O)NC2COCC2Br)cs1. The summed E-state index contributed by atoms with van der Waals surface area (Å²) in [6.07, 6.45) is 0. The molecular formula is C10H12BrNO2S. The molecule has 1 amide bonds. The van der Waals surface area contributed by atoms with Gasteiger partial charge in [-0.15, -0.1) is 11.3 Å². The summed E-state index contributed by atoms with van der Waals surface area (Å²) in [6, 6.07) is 1.98. The van der Waals surface area contributed by atoms with Crippen LogP contribution < -0.4 is 5.32 Å². The van der Waals surface area contributed by atoms with Crippen LogP contribution in [0.1, 0.15) is 15.2 Å². The van der Waals surface area contributed by atoms with Crippen LogP contribution in [0.2, 0.25) is 0 Å². The number of carbonyl (C=O) groups is 1. The zero-order valence-electron chi connectivity index (χ0n) is 8.33. The van der Waals surface area contributed by atoms with Crippen LogP contribution in [-0.2, 0) is 4.74 Å². The van der Waals surface area contributed by atoms with E-state index in [1.807, 2.05) is 18.4 Å². The van der Waals surface area contributed by atoms with E-state index in [1.165, 1.54) is 0 Å². The van der Waals surface area contributed by atoms with Crippen molar-refractivity contribution in [3.8, 4) is 0 Å². The number of hydrogen-bond acceptors (Lipinski definition) is 3. The number of aryl methyl sites for hydroxylation is 1. The van der Waals surface area contributed by atoms with Crippen molar-refractivity contribution >= 4 is 33.2 Å². The summed E-state index contributed by atoms with van der Waals surface area (Å²) < 4.78 is 5.25. The zero-order chi connectivity index (χ0) is 10.8. The van der Waals surface area contributed by atoms with Crippen molar-refractivity contribution in [2.45, 2.75) is 17.8 Å². The monoisotopic (exact) mass is 289 g/mol. The molecule has 15 heavy (non-hydrogen) atoms. The van der Waals surface area contributed by atoms with Crippen LogP contribution in [0.15, 0.2) is 11.4 Å². The van der Waals surface area contributed by atoms with Crippen LogP contribution in [0.5, 0.6) is 0 Å². The summed E-state index contributed by atoms with van der Waals surface area (Å²) in [5, 5.41) is 4.83. The first-order valence-electron chi connectivity index (χ1n) is 4.74. The summed E-state index contributed by atoms with van der Waals surface area (Å²) in [6.45, 7) is 3.24. The number of ether oxygens (including phenoxy) is 1. The second-order valence-corrected chi connectivity index (χ2v) is 5.87. The first-order valence-corrected chi connectivity index (χ1v) is 6.54. The van der Waals surface area contributed by atoms with E-state index in [9.17, 15) is 4.79 Å². The van der Waals surface area contributed by atoms with E-state index in [0.717, 1.165) is 10.4 Å². The number of alkyl halides is 1. The molecule has 0 aliphatic carbocycles. The first-order chi connectivity index (χ1) is 7.16. The molecule has 2 unspecified atom stereocenters. The first kappa shape index (κ1) is 11.1. The van der Waals surface area contributed by atoms with Gasteiger partial charge in [-0.3, -0.25) is 4.79 Å². The fourth-order valence-electron chi connectivity index (χ4n) is 1.47. The molecule has 2 rings (SSSR count). The van der Waals surface area contributed by atoms with Gasteiger partial charge in [0.25, 0.3) is 5.91 Å². The molecule has 1 aromatic rings. The molecule has 0 saturated carbocycles. The number of halogens is 1. The van der Waals surface area contributed by atoms with Crippen LogP contribution in [0, 0.1) is 6.92 Å². The second-order valence-electron chi connectivity index (χ2n) is 3.58. The normalized spacial score (nSPS) is 25.5. The standard InChI is InChI=1S/C10H12BrNO2S/c1-6-2-7(5-15-6)10(13)12-9-4-14-3-8(9)11/h2,5,8-9H,3-4H2,1H3,(H,12,13). The Labute approximate surface area is 101 Å². The Hall–Kier alpha value is -0.390. The van der Waals surface area contributed by atoms with Crippen molar-refractivity contribution in [2.75, 3.05) is 13.2 Å². The highest BCUT2D eigenvalue weighted by Gasteiger charge is 2.27. The summed E-state index contributed by atoms with van der Waals surface area (Å²) in [5.74, 6) is -0.0145. The van der Waals surface area contributed by atoms with Crippen LogP contribution in [-0.4, -0.2) is 30.0 Å². The highest BCUT2D eigenvalue weighted by Crippen LogP contribution is 2.17. The summed E-state index contributed by atoms with van der Waals surface area (Å²) in [7, 11) is 0. The van der Waals surface area contributed by atoms with E-state index in [2.05, 4.69) is 21.2 Å². The maximum absolute atomic E-state index is 11.8. The zero-order valence-corrected chi connectivity index (χ0v) is 10.7. The Bertz CT molecular complexity index is 366. The maximum atomic E-state index is 11.8. The van der Waals surface area contributed by atoms with Crippen molar-refractivity contribution in [2.24, 2.45) is 0 Å². The van der Waals surface area contributed by atoms with Crippen LogP contribution >= 0.6 is 27.3 Å². The molecule has 1 N–H and O–H groups in total. The molecule has 2 heterocycles. The number of amides is 1. The number of carbonyl (C=O) groups excluding carboxylic acids is 1. The van der Waals surface area contributed by atoms with Gasteiger partial charge >= 0.3 is 0 Å². The van der Waals surface area contributed by atoms with Crippen molar-refractivity contribution < 1.29 is 9.53 Å². The third-order valence-corrected chi connectivity index (χ3v) is 4.08. The third-order valence-electron chi connectivity index (χ3n) is 2.32. The van der Waals surface area contributed by atoms with E-state index < -0.39 is 0 Å². The Morgan fingerprint density at radius 1 is 1.67 bits per heavy atom. The Morgan fingerprint density at radius 2 is 2.47 bits per heavy atom. The van der Waals surface area contributed by atoms with Crippen molar-refractivity contribution in [3.05, 3.63) is 21.9 Å². The topological polar surface area (TPSA) is 38.3 Å². The highest BCUT2D eigenvalue weighted by molar-refractivity contribution is 9.09. The van der Waals surface area contributed by atoms with Gasteiger partial charge in [0, 0.05) is 10.3 Å². The molecule has 1 aromatic heterocycles. The van der Waals surface area contributed by atoms with Crippen LogP contribution in [0.3, 0.4) is 0 Å². The van der Waals surface area contributed by atoms with E-state index in [0.29, 0.717) is 13.2 Å². The van der Waals surface area contributed by atoms with Crippen LogP contribution in [0.4, 0.5) is 0 Å². The Morgan fingerprint density at radius 3 is 3.00 bits per heavy atom. The molecule has 5 heteroatoms. The Balaban J connectivity index is 1.97.